The van der Waals surface area contributed by atoms with E-state index >= 15 is 0 Å². The zero-order valence-electron chi connectivity index (χ0n) is 17.2. The largest absolute Gasteiger partial charge is 0.290 e. The maximum atomic E-state index is 12.1. The molecule has 0 spiro atoms. The Kier molecular flexibility index (Phi) is 6.07. The first-order valence-corrected chi connectivity index (χ1v) is 9.63. The van der Waals surface area contributed by atoms with Gasteiger partial charge in [0.05, 0.1) is 33.6 Å². The van der Waals surface area contributed by atoms with Gasteiger partial charge in [0.2, 0.25) is 0 Å². The van der Waals surface area contributed by atoms with Gasteiger partial charge in [-0.1, -0.05) is 10.4 Å². The summed E-state index contributed by atoms with van der Waals surface area (Å²) >= 11 is 0. The topological polar surface area (TPSA) is 165 Å². The van der Waals surface area contributed by atoms with E-state index in [0.29, 0.717) is 22.8 Å². The molecule has 0 bridgehead atoms. The Morgan fingerprint density at radius 2 is 1.09 bits per heavy atom. The second-order valence-corrected chi connectivity index (χ2v) is 6.79. The highest BCUT2D eigenvalue weighted by Crippen LogP contribution is 2.16. The number of hydrogen-bond acceptors (Lipinski definition) is 9. The first-order chi connectivity index (χ1) is 16.4. The molecular formula is C21H14N8O5. The van der Waals surface area contributed by atoms with Gasteiger partial charge in [-0.15, -0.1) is 10.2 Å². The van der Waals surface area contributed by atoms with Crippen LogP contribution in [0.4, 0.5) is 11.4 Å². The third kappa shape index (κ3) is 5.11. The molecule has 2 heterocycles. The van der Waals surface area contributed by atoms with Crippen LogP contribution in [0.2, 0.25) is 0 Å². The van der Waals surface area contributed by atoms with Gasteiger partial charge >= 0.3 is 0 Å². The van der Waals surface area contributed by atoms with E-state index in [0.717, 1.165) is 0 Å². The van der Waals surface area contributed by atoms with E-state index in [9.17, 15) is 25.0 Å². The van der Waals surface area contributed by atoms with Gasteiger partial charge in [0.15, 0.2) is 5.78 Å². The summed E-state index contributed by atoms with van der Waals surface area (Å²) in [4.78, 5) is 32.6. The second-order valence-electron chi connectivity index (χ2n) is 6.79. The standard InChI is InChI=1S/C21H14N8O5/c30-21(11-1-15-13-26(24-22-15)17-3-7-19(8-4-17)28(31)32)12-2-16-14-27(25-23-16)18-5-9-20(10-6-18)29(33)34/h1-14H/b11-1+,12-2+. The molecule has 4 aromatic rings. The lowest BCUT2D eigenvalue weighted by Gasteiger charge is -1.98. The molecule has 34 heavy (non-hydrogen) atoms. The van der Waals surface area contributed by atoms with E-state index in [-0.39, 0.29) is 17.2 Å². The van der Waals surface area contributed by atoms with E-state index in [4.69, 9.17) is 0 Å². The van der Waals surface area contributed by atoms with Crippen molar-refractivity contribution in [2.75, 3.05) is 0 Å². The smallest absolute Gasteiger partial charge is 0.269 e. The third-order valence-electron chi connectivity index (χ3n) is 4.51. The minimum absolute atomic E-state index is 0.0332. The number of nitro benzene ring substituents is 2. The molecular weight excluding hydrogens is 444 g/mol. The zero-order chi connectivity index (χ0) is 24.1. The number of hydrogen-bond donors (Lipinski definition) is 0. The van der Waals surface area contributed by atoms with Crippen LogP contribution >= 0.6 is 0 Å². The van der Waals surface area contributed by atoms with Crippen molar-refractivity contribution in [2.24, 2.45) is 0 Å². The molecule has 0 aliphatic carbocycles. The molecule has 0 saturated carbocycles. The normalized spacial score (nSPS) is 11.3. The third-order valence-corrected chi connectivity index (χ3v) is 4.51. The summed E-state index contributed by atoms with van der Waals surface area (Å²) in [6.45, 7) is 0. The lowest BCUT2D eigenvalue weighted by atomic mass is 10.2. The Morgan fingerprint density at radius 3 is 1.44 bits per heavy atom. The van der Waals surface area contributed by atoms with Gasteiger partial charge in [0.1, 0.15) is 11.4 Å². The van der Waals surface area contributed by atoms with Gasteiger partial charge < -0.3 is 0 Å². The molecule has 0 N–H and O–H groups in total. The molecule has 0 aliphatic rings. The SMILES string of the molecule is O=C(/C=C/c1cn(-c2ccc([N+](=O)[O-])cc2)nn1)/C=C/c1cn(-c2ccc([N+](=O)[O-])cc2)nn1. The number of rotatable bonds is 8. The van der Waals surface area contributed by atoms with Gasteiger partial charge in [0, 0.05) is 24.3 Å². The number of aromatic nitrogens is 6. The van der Waals surface area contributed by atoms with E-state index in [2.05, 4.69) is 20.6 Å². The molecule has 0 saturated heterocycles. The molecule has 13 heteroatoms. The first-order valence-electron chi connectivity index (χ1n) is 9.63. The zero-order valence-corrected chi connectivity index (χ0v) is 17.2. The van der Waals surface area contributed by atoms with E-state index in [1.54, 1.807) is 12.4 Å². The summed E-state index contributed by atoms with van der Waals surface area (Å²) in [5.74, 6) is -0.324. The molecule has 0 atom stereocenters. The predicted molar refractivity (Wildman–Crippen MR) is 119 cm³/mol. The van der Waals surface area contributed by atoms with Crippen LogP contribution in [0.15, 0.2) is 73.1 Å². The quantitative estimate of drug-likeness (QED) is 0.219. The van der Waals surface area contributed by atoms with Gasteiger partial charge in [-0.25, -0.2) is 9.36 Å². The maximum Gasteiger partial charge on any atom is 0.269 e. The Morgan fingerprint density at radius 1 is 0.706 bits per heavy atom. The minimum Gasteiger partial charge on any atom is -0.290 e. The number of nitrogens with zero attached hydrogens (tertiary/aromatic N) is 8. The molecule has 4 rings (SSSR count). The molecule has 0 radical (unpaired) electrons. The van der Waals surface area contributed by atoms with Crippen LogP contribution in [0, 0.1) is 20.2 Å². The summed E-state index contributed by atoms with van der Waals surface area (Å²) in [6.07, 6.45) is 8.72. The average molecular weight is 458 g/mol. The van der Waals surface area contributed by atoms with E-state index in [1.807, 2.05) is 0 Å². The van der Waals surface area contributed by atoms with Crippen molar-refractivity contribution in [3.63, 3.8) is 0 Å². The van der Waals surface area contributed by atoms with Gasteiger partial charge in [-0.2, -0.15) is 0 Å². The minimum atomic E-state index is -0.491. The van der Waals surface area contributed by atoms with Crippen LogP contribution in [-0.2, 0) is 4.79 Å². The molecule has 0 amide bonds. The Hall–Kier alpha value is -5.33. The summed E-state index contributed by atoms with van der Waals surface area (Å²) in [5.41, 5.74) is 1.94. The van der Waals surface area contributed by atoms with Crippen molar-refractivity contribution in [3.8, 4) is 11.4 Å². The number of ketones is 1. The lowest BCUT2D eigenvalue weighted by Crippen LogP contribution is -1.95. The van der Waals surface area contributed by atoms with Gasteiger partial charge in [-0.3, -0.25) is 25.0 Å². The Balaban J connectivity index is 1.37. The van der Waals surface area contributed by atoms with Crippen LogP contribution in [0.5, 0.6) is 0 Å². The van der Waals surface area contributed by atoms with Crippen molar-refractivity contribution in [1.82, 2.24) is 30.0 Å². The molecule has 0 unspecified atom stereocenters. The average Bonchev–Trinajstić information content (AvgIpc) is 3.51. The monoisotopic (exact) mass is 458 g/mol. The number of nitro groups is 2. The van der Waals surface area contributed by atoms with Crippen LogP contribution < -0.4 is 0 Å². The van der Waals surface area contributed by atoms with Crippen LogP contribution in [0.3, 0.4) is 0 Å². The number of non-ortho nitro benzene ring substituents is 2. The van der Waals surface area contributed by atoms with E-state index in [1.165, 1.54) is 82.2 Å². The highest BCUT2D eigenvalue weighted by atomic mass is 16.6. The summed E-state index contributed by atoms with van der Waals surface area (Å²) in [5, 5.41) is 37.2. The van der Waals surface area contributed by atoms with Crippen molar-refractivity contribution >= 4 is 29.3 Å². The van der Waals surface area contributed by atoms with Crippen molar-refractivity contribution in [1.29, 1.82) is 0 Å². The number of carbonyl (C=O) groups is 1. The fourth-order valence-electron chi connectivity index (χ4n) is 2.80. The first kappa shape index (κ1) is 21.9. The van der Waals surface area contributed by atoms with Crippen LogP contribution in [-0.4, -0.2) is 45.6 Å². The lowest BCUT2D eigenvalue weighted by molar-refractivity contribution is -0.385. The summed E-state index contributed by atoms with van der Waals surface area (Å²) < 4.78 is 2.86. The fraction of sp³-hybridized carbons (Fsp3) is 0. The van der Waals surface area contributed by atoms with Crippen molar-refractivity contribution < 1.29 is 14.6 Å². The highest BCUT2D eigenvalue weighted by Gasteiger charge is 2.08. The molecule has 0 aliphatic heterocycles. The summed E-state index contributed by atoms with van der Waals surface area (Å²) in [7, 11) is 0. The van der Waals surface area contributed by atoms with E-state index < -0.39 is 9.85 Å². The molecule has 2 aromatic heterocycles. The summed E-state index contributed by atoms with van der Waals surface area (Å²) in [6, 6.07) is 11.6. The Bertz CT molecular complexity index is 1310. The Labute approximate surface area is 190 Å². The highest BCUT2D eigenvalue weighted by molar-refractivity contribution is 6.04. The molecule has 0 fully saturated rings. The molecule has 13 nitrogen and oxygen atoms in total. The predicted octanol–water partition coefficient (Wildman–Crippen LogP) is 2.96. The fourth-order valence-corrected chi connectivity index (χ4v) is 2.80. The van der Waals surface area contributed by atoms with Crippen LogP contribution in [0.1, 0.15) is 11.4 Å². The maximum absolute atomic E-state index is 12.1. The van der Waals surface area contributed by atoms with Crippen LogP contribution in [0.25, 0.3) is 23.5 Å². The molecule has 2 aromatic carbocycles. The second kappa shape index (κ2) is 9.44. The number of benzene rings is 2. The van der Waals surface area contributed by atoms with Gasteiger partial charge in [0.25, 0.3) is 11.4 Å². The molecule has 168 valence electrons. The van der Waals surface area contributed by atoms with Crippen molar-refractivity contribution in [2.45, 2.75) is 0 Å². The number of carbonyl (C=O) groups excluding carboxylic acids is 1. The van der Waals surface area contributed by atoms with Gasteiger partial charge in [-0.05, 0) is 48.6 Å². The number of allylic oxidation sites excluding steroid dienone is 2. The van der Waals surface area contributed by atoms with Crippen molar-refractivity contribution in [3.05, 3.63) is 105 Å².